The van der Waals surface area contributed by atoms with E-state index in [1.807, 2.05) is 7.11 Å². The molecule has 0 bridgehead atoms. The predicted octanol–water partition coefficient (Wildman–Crippen LogP) is 6.03. The molecule has 0 aromatic carbocycles. The summed E-state index contributed by atoms with van der Waals surface area (Å²) in [6, 6.07) is 0. The minimum atomic E-state index is -0.687. The van der Waals surface area contributed by atoms with Crippen molar-refractivity contribution in [2.75, 3.05) is 55.4 Å². The Kier molecular flexibility index (Phi) is 10.7. The summed E-state index contributed by atoms with van der Waals surface area (Å²) in [4.78, 5) is 0. The first-order valence-electron chi connectivity index (χ1n) is 20.8. The second-order valence-electron chi connectivity index (χ2n) is 20.5. The van der Waals surface area contributed by atoms with E-state index in [1.165, 1.54) is 12.8 Å². The van der Waals surface area contributed by atoms with Gasteiger partial charge in [-0.15, -0.1) is 0 Å². The normalized spacial score (nSPS) is 53.1. The first-order chi connectivity index (χ1) is 25.0. The van der Waals surface area contributed by atoms with Crippen LogP contribution in [0.5, 0.6) is 0 Å². The highest BCUT2D eigenvalue weighted by Gasteiger charge is 2.85. The summed E-state index contributed by atoms with van der Waals surface area (Å²) < 4.78 is 51.4. The van der Waals surface area contributed by atoms with E-state index in [0.29, 0.717) is 12.5 Å². The van der Waals surface area contributed by atoms with Gasteiger partial charge in [0.15, 0.2) is 6.29 Å². The maximum absolute atomic E-state index is 10.9. The van der Waals surface area contributed by atoms with E-state index in [4.69, 9.17) is 37.9 Å². The van der Waals surface area contributed by atoms with Gasteiger partial charge in [0.1, 0.15) is 12.2 Å². The van der Waals surface area contributed by atoms with Crippen molar-refractivity contribution in [2.45, 2.75) is 160 Å². The molecular formula is C43H74O10. The Morgan fingerprint density at radius 2 is 1.47 bits per heavy atom. The maximum atomic E-state index is 10.9. The number of aliphatic hydroxyl groups is 2. The number of hydrogen-bond acceptors (Lipinski definition) is 10. The van der Waals surface area contributed by atoms with Crippen molar-refractivity contribution in [3.63, 3.8) is 0 Å². The molecule has 2 spiro atoms. The summed E-state index contributed by atoms with van der Waals surface area (Å²) in [6.45, 7) is 17.0. The fraction of sp³-hybridized carbons (Fsp3) is 1.00. The molecule has 10 heteroatoms. The van der Waals surface area contributed by atoms with E-state index in [9.17, 15) is 10.2 Å². The van der Waals surface area contributed by atoms with E-state index < -0.39 is 30.5 Å². The average molecular weight is 751 g/mol. The number of rotatable bonds is 12. The summed E-state index contributed by atoms with van der Waals surface area (Å²) in [5.41, 5.74) is -0.466. The molecule has 0 aromatic rings. The van der Waals surface area contributed by atoms with Crippen LogP contribution in [-0.2, 0) is 37.9 Å². The van der Waals surface area contributed by atoms with E-state index >= 15 is 0 Å². The molecule has 2 saturated heterocycles. The lowest BCUT2D eigenvalue weighted by molar-refractivity contribution is -0.328. The molecule has 1 unspecified atom stereocenters. The van der Waals surface area contributed by atoms with Gasteiger partial charge in [0.05, 0.1) is 54.7 Å². The third-order valence-electron chi connectivity index (χ3n) is 18.2. The van der Waals surface area contributed by atoms with Gasteiger partial charge in [-0.2, -0.15) is 0 Å². The largest absolute Gasteiger partial charge is 0.396 e. The van der Waals surface area contributed by atoms with Gasteiger partial charge in [0.2, 0.25) is 0 Å². The Hall–Kier alpha value is -0.400. The number of methoxy groups -OCH3 is 5. The lowest BCUT2D eigenvalue weighted by atomic mass is 9.40. The number of hydrogen-bond donors (Lipinski definition) is 2. The maximum Gasteiger partial charge on any atom is 0.166 e. The molecule has 0 amide bonds. The summed E-state index contributed by atoms with van der Waals surface area (Å²) >= 11 is 0. The summed E-state index contributed by atoms with van der Waals surface area (Å²) in [6.07, 6.45) is 7.74. The summed E-state index contributed by atoms with van der Waals surface area (Å²) in [5.74, 6) is 0.693. The van der Waals surface area contributed by atoms with Crippen LogP contribution in [0.25, 0.3) is 0 Å². The van der Waals surface area contributed by atoms with Crippen molar-refractivity contribution in [1.82, 2.24) is 0 Å². The lowest BCUT2D eigenvalue weighted by Crippen LogP contribution is -2.64. The van der Waals surface area contributed by atoms with Crippen molar-refractivity contribution >= 4 is 0 Å². The molecular weight excluding hydrogens is 676 g/mol. The van der Waals surface area contributed by atoms with E-state index in [0.717, 1.165) is 44.9 Å². The Bertz CT molecular complexity index is 1330. The van der Waals surface area contributed by atoms with Gasteiger partial charge in [-0.3, -0.25) is 0 Å². The molecule has 10 nitrogen and oxygen atoms in total. The van der Waals surface area contributed by atoms with E-state index in [1.54, 1.807) is 28.4 Å². The van der Waals surface area contributed by atoms with Gasteiger partial charge in [-0.1, -0.05) is 27.7 Å². The monoisotopic (exact) mass is 751 g/mol. The van der Waals surface area contributed by atoms with E-state index in [2.05, 4.69) is 48.5 Å². The van der Waals surface area contributed by atoms with Crippen molar-refractivity contribution in [1.29, 1.82) is 0 Å². The van der Waals surface area contributed by atoms with Crippen molar-refractivity contribution in [3.8, 4) is 0 Å². The molecule has 0 radical (unpaired) electrons. The third kappa shape index (κ3) is 5.60. The van der Waals surface area contributed by atoms with Crippen LogP contribution >= 0.6 is 0 Å². The highest BCUT2D eigenvalue weighted by molar-refractivity contribution is 5.33. The Balaban J connectivity index is 1.28. The second kappa shape index (κ2) is 13.9. The van der Waals surface area contributed by atoms with Gasteiger partial charge in [0, 0.05) is 48.1 Å². The molecule has 2 aliphatic heterocycles. The zero-order chi connectivity index (χ0) is 38.6. The van der Waals surface area contributed by atoms with E-state index in [-0.39, 0.29) is 87.6 Å². The second-order valence-corrected chi connectivity index (χ2v) is 20.5. The molecule has 17 atom stereocenters. The zero-order valence-corrected chi connectivity index (χ0v) is 35.1. The highest BCUT2D eigenvalue weighted by atomic mass is 16.7. The lowest BCUT2D eigenvalue weighted by Gasteiger charge is -2.65. The van der Waals surface area contributed by atoms with Gasteiger partial charge >= 0.3 is 0 Å². The van der Waals surface area contributed by atoms with Crippen LogP contribution in [0.1, 0.15) is 106 Å². The third-order valence-corrected chi connectivity index (χ3v) is 18.2. The van der Waals surface area contributed by atoms with Gasteiger partial charge < -0.3 is 48.1 Å². The fourth-order valence-electron chi connectivity index (χ4n) is 15.3. The Morgan fingerprint density at radius 3 is 2.08 bits per heavy atom. The minimum Gasteiger partial charge on any atom is -0.396 e. The number of fused-ring (bicyclic) bond motifs is 2. The van der Waals surface area contributed by atoms with Crippen LogP contribution < -0.4 is 0 Å². The smallest absolute Gasteiger partial charge is 0.166 e. The van der Waals surface area contributed by atoms with Gasteiger partial charge in [-0.25, -0.2) is 0 Å². The zero-order valence-electron chi connectivity index (χ0n) is 35.1. The Labute approximate surface area is 320 Å². The van der Waals surface area contributed by atoms with Gasteiger partial charge in [-0.05, 0) is 123 Å². The quantitative estimate of drug-likeness (QED) is 0.230. The number of aliphatic hydroxyl groups excluding tert-OH is 2. The molecule has 5 aliphatic carbocycles. The minimum absolute atomic E-state index is 0.00516. The average Bonchev–Trinajstić information content (AvgIpc) is 3.46. The van der Waals surface area contributed by atoms with Crippen LogP contribution in [0.2, 0.25) is 0 Å². The molecule has 0 aromatic heterocycles. The van der Waals surface area contributed by atoms with Crippen LogP contribution in [0.3, 0.4) is 0 Å². The molecule has 7 rings (SSSR count). The summed E-state index contributed by atoms with van der Waals surface area (Å²) in [5, 5.41) is 21.7. The molecule has 2 heterocycles. The van der Waals surface area contributed by atoms with Crippen molar-refractivity contribution < 1.29 is 48.1 Å². The highest BCUT2D eigenvalue weighted by Crippen LogP contribution is 2.90. The fourth-order valence-corrected chi connectivity index (χ4v) is 15.3. The molecule has 7 aliphatic rings. The van der Waals surface area contributed by atoms with Crippen LogP contribution in [0, 0.1) is 56.7 Å². The van der Waals surface area contributed by atoms with Crippen molar-refractivity contribution in [3.05, 3.63) is 0 Å². The molecule has 2 N–H and O–H groups in total. The van der Waals surface area contributed by atoms with Crippen LogP contribution in [0.4, 0.5) is 0 Å². The first kappa shape index (κ1) is 40.8. The topological polar surface area (TPSA) is 114 Å². The van der Waals surface area contributed by atoms with Gasteiger partial charge in [0.25, 0.3) is 0 Å². The van der Waals surface area contributed by atoms with Crippen LogP contribution in [0.15, 0.2) is 0 Å². The molecule has 5 saturated carbocycles. The molecule has 7 fully saturated rings. The van der Waals surface area contributed by atoms with Crippen LogP contribution in [-0.4, -0.2) is 120 Å². The predicted molar refractivity (Wildman–Crippen MR) is 200 cm³/mol. The standard InChI is InChI=1S/C43H74O10/c1-37(2)25(21-44)13-16-43-24-42(43)18-17-39(5)35(41(7)15-14-31(53-41)38(3,4)50-12)28(47-9)20-40(39,6)30(42)19-27(34(37)43)51-36-26(22-45)32(48-10)33(49-11)29(52-36)23-46-8/h25-36,44-45H,13-24H2,1-12H3/t25-,26-,27+,28+,29-,30+,31+,32-,33-,34+,35+,36?,39-,40+,41-,42+,43-/m1/s1. The summed E-state index contributed by atoms with van der Waals surface area (Å²) in [7, 11) is 8.72. The SMILES string of the molecule is COC[C@H]1OC(O[C@H]2C[C@@H]3[C@]4(CC[C@]5(C)[C@@H]([C@@]6(C)CC[C@@H](C(C)(C)OC)O6)[C@@H](OC)C[C@@]35C)C[C@@]43CC[C@H](CO)C(C)(C)[C@H]23)[C@H](CO)[C@@H](OC)[C@@H]1OC. The van der Waals surface area contributed by atoms with Crippen molar-refractivity contribution in [2.24, 2.45) is 56.7 Å². The molecule has 306 valence electrons. The first-order valence-corrected chi connectivity index (χ1v) is 20.8. The Morgan fingerprint density at radius 1 is 0.755 bits per heavy atom. The number of ether oxygens (including phenoxy) is 8. The molecule has 53 heavy (non-hydrogen) atoms.